The van der Waals surface area contributed by atoms with Gasteiger partial charge in [0.2, 0.25) is 5.78 Å². The molecule has 2 aromatic rings. The highest BCUT2D eigenvalue weighted by molar-refractivity contribution is 6.35. The average molecular weight is 269 g/mol. The van der Waals surface area contributed by atoms with Crippen molar-refractivity contribution in [3.05, 3.63) is 57.0 Å². The van der Waals surface area contributed by atoms with E-state index in [4.69, 9.17) is 27.6 Å². The minimum absolute atomic E-state index is 0.188. The third-order valence-electron chi connectivity index (χ3n) is 2.63. The Bertz CT molecular complexity index is 585. The van der Waals surface area contributed by atoms with Crippen LogP contribution in [0.1, 0.15) is 27.2 Å². The smallest absolute Gasteiger partial charge is 0.229 e. The Morgan fingerprint density at radius 2 is 1.76 bits per heavy atom. The fourth-order valence-electron chi connectivity index (χ4n) is 1.52. The van der Waals surface area contributed by atoms with Crippen LogP contribution in [0.25, 0.3) is 0 Å². The number of hydrogen-bond acceptors (Lipinski definition) is 2. The topological polar surface area (TPSA) is 30.2 Å². The van der Waals surface area contributed by atoms with Crippen molar-refractivity contribution in [2.45, 2.75) is 13.8 Å². The summed E-state index contributed by atoms with van der Waals surface area (Å²) in [5.41, 5.74) is 2.49. The Labute approximate surface area is 109 Å². The highest BCUT2D eigenvalue weighted by atomic mass is 35.5. The Balaban J connectivity index is 2.47. The van der Waals surface area contributed by atoms with E-state index in [0.29, 0.717) is 10.6 Å². The van der Waals surface area contributed by atoms with Crippen LogP contribution in [0.5, 0.6) is 0 Å². The predicted octanol–water partition coefficient (Wildman–Crippen LogP) is 4.43. The summed E-state index contributed by atoms with van der Waals surface area (Å²) in [6.07, 6.45) is 0. The molecule has 1 heterocycles. The SMILES string of the molecule is Cc1cc(Cl)c(C(=O)c2ccc(Cl)o2)cc1C. The Kier molecular flexibility index (Phi) is 3.27. The van der Waals surface area contributed by atoms with Crippen molar-refractivity contribution in [3.8, 4) is 0 Å². The molecule has 0 aliphatic heterocycles. The molecule has 0 aliphatic rings. The second-order valence-electron chi connectivity index (χ2n) is 3.85. The maximum absolute atomic E-state index is 12.1. The summed E-state index contributed by atoms with van der Waals surface area (Å²) >= 11 is 11.7. The normalized spacial score (nSPS) is 10.6. The van der Waals surface area contributed by atoms with Gasteiger partial charge >= 0.3 is 0 Å². The van der Waals surface area contributed by atoms with Crippen molar-refractivity contribution >= 4 is 29.0 Å². The molecular weight excluding hydrogens is 259 g/mol. The maximum Gasteiger partial charge on any atom is 0.229 e. The molecule has 17 heavy (non-hydrogen) atoms. The number of carbonyl (C=O) groups is 1. The second-order valence-corrected chi connectivity index (χ2v) is 4.63. The van der Waals surface area contributed by atoms with Gasteiger partial charge in [-0.1, -0.05) is 11.6 Å². The summed E-state index contributed by atoms with van der Waals surface area (Å²) in [6.45, 7) is 3.87. The van der Waals surface area contributed by atoms with Crippen LogP contribution in [0.2, 0.25) is 10.2 Å². The standard InChI is InChI=1S/C13H10Cl2O2/c1-7-5-9(10(14)6-8(7)2)13(16)11-3-4-12(15)17-11/h3-6H,1-2H3. The quantitative estimate of drug-likeness (QED) is 0.755. The van der Waals surface area contributed by atoms with E-state index >= 15 is 0 Å². The zero-order valence-electron chi connectivity index (χ0n) is 9.38. The molecule has 88 valence electrons. The van der Waals surface area contributed by atoms with Gasteiger partial charge in [0.05, 0.1) is 5.02 Å². The highest BCUT2D eigenvalue weighted by Crippen LogP contribution is 2.25. The summed E-state index contributed by atoms with van der Waals surface area (Å²) in [4.78, 5) is 12.1. The number of carbonyl (C=O) groups excluding carboxylic acids is 1. The van der Waals surface area contributed by atoms with E-state index in [-0.39, 0.29) is 16.8 Å². The summed E-state index contributed by atoms with van der Waals surface area (Å²) in [7, 11) is 0. The van der Waals surface area contributed by atoms with Gasteiger partial charge in [-0.05, 0) is 60.8 Å². The first-order valence-electron chi connectivity index (χ1n) is 5.06. The molecule has 2 rings (SSSR count). The van der Waals surface area contributed by atoms with Crippen molar-refractivity contribution in [1.29, 1.82) is 0 Å². The predicted molar refractivity (Wildman–Crippen MR) is 68.1 cm³/mol. The third kappa shape index (κ3) is 2.38. The fraction of sp³-hybridized carbons (Fsp3) is 0.154. The number of furan rings is 1. The van der Waals surface area contributed by atoms with Gasteiger partial charge in [0.1, 0.15) is 0 Å². The molecule has 0 aliphatic carbocycles. The maximum atomic E-state index is 12.1. The van der Waals surface area contributed by atoms with E-state index in [0.717, 1.165) is 11.1 Å². The molecule has 0 saturated heterocycles. The van der Waals surface area contributed by atoms with Gasteiger partial charge in [0.15, 0.2) is 11.0 Å². The van der Waals surface area contributed by atoms with Gasteiger partial charge in [-0.3, -0.25) is 4.79 Å². The van der Waals surface area contributed by atoms with Crippen molar-refractivity contribution < 1.29 is 9.21 Å². The van der Waals surface area contributed by atoms with Gasteiger partial charge in [-0.2, -0.15) is 0 Å². The number of halogens is 2. The van der Waals surface area contributed by atoms with E-state index in [1.807, 2.05) is 13.8 Å². The largest absolute Gasteiger partial charge is 0.441 e. The van der Waals surface area contributed by atoms with Crippen LogP contribution in [0.4, 0.5) is 0 Å². The molecule has 0 spiro atoms. The molecule has 0 amide bonds. The number of rotatable bonds is 2. The number of benzene rings is 1. The molecule has 0 bridgehead atoms. The Hall–Kier alpha value is -1.25. The van der Waals surface area contributed by atoms with E-state index in [9.17, 15) is 4.79 Å². The van der Waals surface area contributed by atoms with Crippen LogP contribution in [0, 0.1) is 13.8 Å². The van der Waals surface area contributed by atoms with Crippen LogP contribution < -0.4 is 0 Å². The van der Waals surface area contributed by atoms with Crippen LogP contribution >= 0.6 is 23.2 Å². The zero-order valence-corrected chi connectivity index (χ0v) is 10.9. The van der Waals surface area contributed by atoms with Crippen molar-refractivity contribution in [1.82, 2.24) is 0 Å². The van der Waals surface area contributed by atoms with E-state index in [1.165, 1.54) is 12.1 Å². The van der Waals surface area contributed by atoms with E-state index in [2.05, 4.69) is 0 Å². The molecule has 1 aromatic carbocycles. The Morgan fingerprint density at radius 3 is 2.35 bits per heavy atom. The summed E-state index contributed by atoms with van der Waals surface area (Å²) < 4.78 is 5.08. The van der Waals surface area contributed by atoms with E-state index in [1.54, 1.807) is 12.1 Å². The van der Waals surface area contributed by atoms with Crippen LogP contribution in [-0.2, 0) is 0 Å². The Morgan fingerprint density at radius 1 is 1.12 bits per heavy atom. The van der Waals surface area contributed by atoms with Crippen molar-refractivity contribution in [2.24, 2.45) is 0 Å². The summed E-state index contributed by atoms with van der Waals surface area (Å²) in [5.74, 6) is -0.0647. The zero-order chi connectivity index (χ0) is 12.6. The van der Waals surface area contributed by atoms with Crippen LogP contribution in [0.3, 0.4) is 0 Å². The van der Waals surface area contributed by atoms with Crippen molar-refractivity contribution in [3.63, 3.8) is 0 Å². The molecule has 2 nitrogen and oxygen atoms in total. The van der Waals surface area contributed by atoms with Crippen molar-refractivity contribution in [2.75, 3.05) is 0 Å². The first-order chi connectivity index (χ1) is 7.99. The molecule has 0 atom stereocenters. The fourth-order valence-corrected chi connectivity index (χ4v) is 1.97. The monoisotopic (exact) mass is 268 g/mol. The molecule has 0 unspecified atom stereocenters. The lowest BCUT2D eigenvalue weighted by Gasteiger charge is -2.06. The van der Waals surface area contributed by atoms with E-state index < -0.39 is 0 Å². The molecular formula is C13H10Cl2O2. The molecule has 0 saturated carbocycles. The highest BCUT2D eigenvalue weighted by Gasteiger charge is 2.17. The lowest BCUT2D eigenvalue weighted by Crippen LogP contribution is -2.02. The molecule has 0 radical (unpaired) electrons. The van der Waals surface area contributed by atoms with Gasteiger partial charge < -0.3 is 4.42 Å². The van der Waals surface area contributed by atoms with Gasteiger partial charge in [0, 0.05) is 5.56 Å². The molecule has 1 aromatic heterocycles. The van der Waals surface area contributed by atoms with Gasteiger partial charge in [0.25, 0.3) is 0 Å². The number of aryl methyl sites for hydroxylation is 2. The molecule has 0 fully saturated rings. The number of ketones is 1. The minimum Gasteiger partial charge on any atom is -0.441 e. The summed E-state index contributed by atoms with van der Waals surface area (Å²) in [6, 6.07) is 6.60. The summed E-state index contributed by atoms with van der Waals surface area (Å²) in [5, 5.41) is 0.610. The van der Waals surface area contributed by atoms with Crippen LogP contribution in [0.15, 0.2) is 28.7 Å². The first-order valence-corrected chi connectivity index (χ1v) is 5.81. The second kappa shape index (κ2) is 4.55. The van der Waals surface area contributed by atoms with Gasteiger partial charge in [-0.25, -0.2) is 0 Å². The third-order valence-corrected chi connectivity index (χ3v) is 3.14. The van der Waals surface area contributed by atoms with Crippen LogP contribution in [-0.4, -0.2) is 5.78 Å². The lowest BCUT2D eigenvalue weighted by atomic mass is 10.0. The first kappa shape index (κ1) is 12.2. The molecule has 4 heteroatoms. The molecule has 0 N–H and O–H groups in total. The minimum atomic E-state index is -0.259. The number of hydrogen-bond donors (Lipinski definition) is 0. The average Bonchev–Trinajstić information content (AvgIpc) is 2.69. The lowest BCUT2D eigenvalue weighted by molar-refractivity contribution is 0.101. The van der Waals surface area contributed by atoms with Gasteiger partial charge in [-0.15, -0.1) is 0 Å².